The molecule has 1 aliphatic carbocycles. The molecule has 35 heavy (non-hydrogen) atoms. The predicted octanol–water partition coefficient (Wildman–Crippen LogP) is 3.49. The van der Waals surface area contributed by atoms with Crippen molar-refractivity contribution in [3.8, 4) is 11.8 Å². The largest absolute Gasteiger partial charge is 0.486 e. The van der Waals surface area contributed by atoms with Crippen LogP contribution in [-0.2, 0) is 6.54 Å². The highest BCUT2D eigenvalue weighted by atomic mass is 19.1. The number of aliphatic hydroxyl groups is 1. The van der Waals surface area contributed by atoms with Crippen LogP contribution in [-0.4, -0.2) is 39.0 Å². The Morgan fingerprint density at radius 1 is 1.26 bits per heavy atom. The van der Waals surface area contributed by atoms with Crippen LogP contribution in [0.3, 0.4) is 0 Å². The number of nitrogens with two attached hydrogens (primary N) is 1. The van der Waals surface area contributed by atoms with E-state index in [1.165, 1.54) is 18.5 Å². The van der Waals surface area contributed by atoms with Gasteiger partial charge >= 0.3 is 0 Å². The van der Waals surface area contributed by atoms with E-state index < -0.39 is 0 Å². The Kier molecular flexibility index (Phi) is 7.60. The number of anilines is 2. The van der Waals surface area contributed by atoms with Gasteiger partial charge in [-0.05, 0) is 37.0 Å². The summed E-state index contributed by atoms with van der Waals surface area (Å²) in [6.07, 6.45) is 6.76. The van der Waals surface area contributed by atoms with Crippen LogP contribution in [0.4, 0.5) is 15.9 Å². The Morgan fingerprint density at radius 2 is 2.11 bits per heavy atom. The van der Waals surface area contributed by atoms with Gasteiger partial charge in [-0.25, -0.2) is 14.4 Å². The Hall–Kier alpha value is -4.36. The number of hydrogen-bond acceptors (Lipinski definition) is 9. The zero-order chi connectivity index (χ0) is 24.6. The summed E-state index contributed by atoms with van der Waals surface area (Å²) in [5.74, 6) is 0.560. The molecule has 178 valence electrons. The first-order valence-corrected chi connectivity index (χ1v) is 11.1. The van der Waals surface area contributed by atoms with Crippen molar-refractivity contribution in [1.29, 1.82) is 5.26 Å². The van der Waals surface area contributed by atoms with Crippen molar-refractivity contribution in [2.24, 2.45) is 10.7 Å². The maximum absolute atomic E-state index is 14.0. The number of aliphatic imine (C=N–C) groups is 1. The highest BCUT2D eigenvalue weighted by Gasteiger charge is 2.22. The molecular weight excluding hydrogens is 449 g/mol. The number of hydrogen-bond donors (Lipinski definition) is 3. The van der Waals surface area contributed by atoms with Gasteiger partial charge in [-0.3, -0.25) is 9.98 Å². The number of rotatable bonds is 8. The van der Waals surface area contributed by atoms with Gasteiger partial charge in [0, 0.05) is 23.7 Å². The Balaban J connectivity index is 1.67. The molecular formula is C25H24FN7O2. The SMILES string of the molecule is N#Cc1cnccc1Nc1nc(C(N)=C2CCCC2=NCc2ccccc2F)ncc1OCCO. The summed E-state index contributed by atoms with van der Waals surface area (Å²) >= 11 is 0. The maximum Gasteiger partial charge on any atom is 0.180 e. The van der Waals surface area contributed by atoms with Gasteiger partial charge in [-0.15, -0.1) is 0 Å². The normalized spacial score (nSPS) is 15.6. The van der Waals surface area contributed by atoms with Crippen molar-refractivity contribution in [2.75, 3.05) is 18.5 Å². The molecule has 9 nitrogen and oxygen atoms in total. The molecule has 0 unspecified atom stereocenters. The minimum absolute atomic E-state index is 0.0439. The number of nitrogens with one attached hydrogen (secondary N) is 1. The Bertz CT molecular complexity index is 1320. The number of aliphatic hydroxyl groups excluding tert-OH is 1. The summed E-state index contributed by atoms with van der Waals surface area (Å²) in [4.78, 5) is 17.5. The third kappa shape index (κ3) is 5.59. The van der Waals surface area contributed by atoms with Crippen molar-refractivity contribution in [3.63, 3.8) is 0 Å². The molecule has 3 aromatic rings. The smallest absolute Gasteiger partial charge is 0.180 e. The lowest BCUT2D eigenvalue weighted by Crippen LogP contribution is -2.12. The molecule has 10 heteroatoms. The third-order valence-corrected chi connectivity index (χ3v) is 5.45. The molecule has 4 rings (SSSR count). The minimum Gasteiger partial charge on any atom is -0.486 e. The molecule has 1 saturated carbocycles. The molecule has 0 bridgehead atoms. The van der Waals surface area contributed by atoms with E-state index in [0.29, 0.717) is 34.7 Å². The minimum atomic E-state index is -0.293. The van der Waals surface area contributed by atoms with E-state index in [9.17, 15) is 9.65 Å². The molecule has 2 heterocycles. The fourth-order valence-electron chi connectivity index (χ4n) is 3.71. The second-order valence-corrected chi connectivity index (χ2v) is 7.74. The summed E-state index contributed by atoms with van der Waals surface area (Å²) in [5.41, 5.74) is 9.83. The van der Waals surface area contributed by atoms with E-state index in [2.05, 4.69) is 31.3 Å². The van der Waals surface area contributed by atoms with Gasteiger partial charge in [0.2, 0.25) is 0 Å². The van der Waals surface area contributed by atoms with Crippen molar-refractivity contribution in [2.45, 2.75) is 25.8 Å². The van der Waals surface area contributed by atoms with Gasteiger partial charge in [0.25, 0.3) is 0 Å². The first-order chi connectivity index (χ1) is 17.1. The predicted molar refractivity (Wildman–Crippen MR) is 129 cm³/mol. The molecule has 4 N–H and O–H groups in total. The van der Waals surface area contributed by atoms with Crippen molar-refractivity contribution >= 4 is 22.9 Å². The van der Waals surface area contributed by atoms with Gasteiger partial charge in [0.1, 0.15) is 18.5 Å². The number of pyridine rings is 1. The average molecular weight is 474 g/mol. The number of nitriles is 1. The highest BCUT2D eigenvalue weighted by molar-refractivity contribution is 6.07. The summed E-state index contributed by atoms with van der Waals surface area (Å²) in [6.45, 7) is 0.0789. The van der Waals surface area contributed by atoms with E-state index in [0.717, 1.165) is 24.1 Å². The average Bonchev–Trinajstić information content (AvgIpc) is 3.36. The van der Waals surface area contributed by atoms with E-state index in [1.54, 1.807) is 30.5 Å². The first-order valence-electron chi connectivity index (χ1n) is 11.1. The summed E-state index contributed by atoms with van der Waals surface area (Å²) in [5, 5.41) is 21.6. The van der Waals surface area contributed by atoms with Gasteiger partial charge in [0.15, 0.2) is 17.4 Å². The van der Waals surface area contributed by atoms with Crippen LogP contribution in [0.25, 0.3) is 5.70 Å². The van der Waals surface area contributed by atoms with Gasteiger partial charge in [0.05, 0.1) is 36.3 Å². The lowest BCUT2D eigenvalue weighted by Gasteiger charge is -2.14. The van der Waals surface area contributed by atoms with Gasteiger partial charge in [-0.1, -0.05) is 18.2 Å². The number of benzene rings is 1. The summed E-state index contributed by atoms with van der Waals surface area (Å²) in [7, 11) is 0. The van der Waals surface area contributed by atoms with E-state index in [1.807, 2.05) is 0 Å². The van der Waals surface area contributed by atoms with Gasteiger partial charge < -0.3 is 20.9 Å². The standard InChI is InChI=1S/C25H24FN7O2/c26-19-6-2-1-4-16(19)14-30-21-7-3-5-18(21)23(28)25-31-15-22(35-11-10-34)24(33-25)32-20-8-9-29-13-17(20)12-27/h1-2,4,6,8-9,13,15,34H,3,5,7,10-11,14,28H2,(H,29,31,32,33). The zero-order valence-electron chi connectivity index (χ0n) is 18.9. The molecule has 1 aromatic carbocycles. The lowest BCUT2D eigenvalue weighted by atomic mass is 10.1. The number of ether oxygens (including phenoxy) is 1. The van der Waals surface area contributed by atoms with E-state index in [4.69, 9.17) is 15.6 Å². The Labute approximate surface area is 201 Å². The highest BCUT2D eigenvalue weighted by Crippen LogP contribution is 2.31. The number of allylic oxidation sites excluding steroid dienone is 1. The maximum atomic E-state index is 14.0. The van der Waals surface area contributed by atoms with Crippen LogP contribution < -0.4 is 15.8 Å². The monoisotopic (exact) mass is 473 g/mol. The fraction of sp³-hybridized carbons (Fsp3) is 0.240. The van der Waals surface area contributed by atoms with Crippen LogP contribution in [0.15, 0.2) is 59.5 Å². The van der Waals surface area contributed by atoms with Crippen LogP contribution in [0, 0.1) is 17.1 Å². The summed E-state index contributed by atoms with van der Waals surface area (Å²) < 4.78 is 19.6. The van der Waals surface area contributed by atoms with Crippen LogP contribution >= 0.6 is 0 Å². The van der Waals surface area contributed by atoms with Crippen LogP contribution in [0.5, 0.6) is 5.75 Å². The third-order valence-electron chi connectivity index (χ3n) is 5.45. The quantitative estimate of drug-likeness (QED) is 0.451. The molecule has 1 aliphatic rings. The molecule has 0 radical (unpaired) electrons. The molecule has 2 aromatic heterocycles. The van der Waals surface area contributed by atoms with Crippen molar-refractivity contribution in [3.05, 3.63) is 77.3 Å². The number of halogens is 1. The summed E-state index contributed by atoms with van der Waals surface area (Å²) in [6, 6.07) is 10.3. The first kappa shape index (κ1) is 23.8. The lowest BCUT2D eigenvalue weighted by molar-refractivity contribution is 0.201. The zero-order valence-corrected chi connectivity index (χ0v) is 18.9. The van der Waals surface area contributed by atoms with Crippen molar-refractivity contribution in [1.82, 2.24) is 15.0 Å². The van der Waals surface area contributed by atoms with Crippen LogP contribution in [0.2, 0.25) is 0 Å². The molecule has 0 saturated heterocycles. The van der Waals surface area contributed by atoms with Crippen molar-refractivity contribution < 1.29 is 14.2 Å². The molecule has 0 aliphatic heterocycles. The van der Waals surface area contributed by atoms with E-state index in [-0.39, 0.29) is 37.2 Å². The fourth-order valence-corrected chi connectivity index (χ4v) is 3.71. The van der Waals surface area contributed by atoms with Crippen LogP contribution in [0.1, 0.15) is 36.2 Å². The Morgan fingerprint density at radius 3 is 2.91 bits per heavy atom. The number of nitrogens with zero attached hydrogens (tertiary/aromatic N) is 5. The molecule has 1 fully saturated rings. The second kappa shape index (κ2) is 11.2. The molecule has 0 spiro atoms. The topological polar surface area (TPSA) is 142 Å². The van der Waals surface area contributed by atoms with E-state index >= 15 is 0 Å². The second-order valence-electron chi connectivity index (χ2n) is 7.74. The molecule has 0 amide bonds. The van der Waals surface area contributed by atoms with Gasteiger partial charge in [-0.2, -0.15) is 5.26 Å². The number of aromatic nitrogens is 3. The molecule has 0 atom stereocenters.